The predicted molar refractivity (Wildman–Crippen MR) is 104 cm³/mol. The second-order valence-corrected chi connectivity index (χ2v) is 7.17. The minimum atomic E-state index is -0.0134. The number of nitrogens with zero attached hydrogens (tertiary/aromatic N) is 1. The molecule has 2 amide bonds. The highest BCUT2D eigenvalue weighted by Gasteiger charge is 2.12. The van der Waals surface area contributed by atoms with Crippen LogP contribution in [0.1, 0.15) is 47.8 Å². The number of nitrogens with one attached hydrogen (secondary N) is 1. The van der Waals surface area contributed by atoms with Gasteiger partial charge in [-0.05, 0) is 48.9 Å². The minimum Gasteiger partial charge on any atom is -0.342 e. The summed E-state index contributed by atoms with van der Waals surface area (Å²) in [6.45, 7) is 2.85. The van der Waals surface area contributed by atoms with Gasteiger partial charge in [-0.25, -0.2) is 0 Å². The first-order chi connectivity index (χ1) is 12.1. The maximum absolute atomic E-state index is 12.4. The summed E-state index contributed by atoms with van der Waals surface area (Å²) >= 11 is 1.72. The lowest BCUT2D eigenvalue weighted by molar-refractivity contribution is -0.116. The molecule has 1 aromatic carbocycles. The minimum absolute atomic E-state index is 0.0118. The van der Waals surface area contributed by atoms with Gasteiger partial charge < -0.3 is 10.2 Å². The number of rotatable bonds is 9. The summed E-state index contributed by atoms with van der Waals surface area (Å²) in [5, 5.41) is 4.94. The number of amides is 2. The fourth-order valence-electron chi connectivity index (χ4n) is 2.55. The van der Waals surface area contributed by atoms with Gasteiger partial charge in [0.15, 0.2) is 0 Å². The van der Waals surface area contributed by atoms with E-state index in [4.69, 9.17) is 0 Å². The molecule has 2 aromatic rings. The third kappa shape index (κ3) is 6.35. The van der Waals surface area contributed by atoms with Crippen LogP contribution in [-0.4, -0.2) is 30.3 Å². The van der Waals surface area contributed by atoms with Gasteiger partial charge in [0.1, 0.15) is 0 Å². The molecule has 2 rings (SSSR count). The van der Waals surface area contributed by atoms with E-state index >= 15 is 0 Å². The molecule has 0 aliphatic rings. The Bertz CT molecular complexity index is 683. The van der Waals surface area contributed by atoms with Gasteiger partial charge in [-0.3, -0.25) is 9.59 Å². The Morgan fingerprint density at radius 3 is 2.72 bits per heavy atom. The van der Waals surface area contributed by atoms with Crippen LogP contribution in [0.2, 0.25) is 0 Å². The molecule has 0 fully saturated rings. The average Bonchev–Trinajstić information content (AvgIpc) is 3.12. The van der Waals surface area contributed by atoms with Crippen LogP contribution in [0.15, 0.2) is 41.8 Å². The van der Waals surface area contributed by atoms with Crippen molar-refractivity contribution in [3.05, 3.63) is 52.2 Å². The summed E-state index contributed by atoms with van der Waals surface area (Å²) in [4.78, 5) is 27.5. The van der Waals surface area contributed by atoms with Crippen LogP contribution in [0, 0.1) is 0 Å². The zero-order chi connectivity index (χ0) is 18.1. The molecule has 0 aliphatic heterocycles. The van der Waals surface area contributed by atoms with E-state index in [2.05, 4.69) is 23.7 Å². The van der Waals surface area contributed by atoms with E-state index in [1.807, 2.05) is 25.2 Å². The Kier molecular flexibility index (Phi) is 7.67. The van der Waals surface area contributed by atoms with Crippen molar-refractivity contribution in [2.24, 2.45) is 0 Å². The second-order valence-electron chi connectivity index (χ2n) is 6.14. The molecule has 0 unspecified atom stereocenters. The normalized spacial score (nSPS) is 10.5. The Morgan fingerprint density at radius 1 is 1.16 bits per heavy atom. The molecule has 0 aliphatic carbocycles. The quantitative estimate of drug-likeness (QED) is 0.713. The van der Waals surface area contributed by atoms with Crippen LogP contribution in [0.5, 0.6) is 0 Å². The molecule has 0 atom stereocenters. The lowest BCUT2D eigenvalue weighted by atomic mass is 10.1. The first-order valence-corrected chi connectivity index (χ1v) is 9.66. The van der Waals surface area contributed by atoms with Gasteiger partial charge in [0.25, 0.3) is 5.91 Å². The molecular weight excluding hydrogens is 332 g/mol. The summed E-state index contributed by atoms with van der Waals surface area (Å²) in [5.41, 5.74) is 1.28. The summed E-state index contributed by atoms with van der Waals surface area (Å²) in [5.74, 6) is -0.0252. The molecule has 0 spiro atoms. The molecule has 4 nitrogen and oxygen atoms in total. The summed E-state index contributed by atoms with van der Waals surface area (Å²) in [7, 11) is 1.81. The number of anilines is 1. The Labute approximate surface area is 153 Å². The van der Waals surface area contributed by atoms with Crippen LogP contribution in [0.4, 0.5) is 5.69 Å². The summed E-state index contributed by atoms with van der Waals surface area (Å²) in [6.07, 6.45) is 4.27. The summed E-state index contributed by atoms with van der Waals surface area (Å²) < 4.78 is 0. The molecule has 1 heterocycles. The Morgan fingerprint density at radius 2 is 2.00 bits per heavy atom. The third-order valence-corrected chi connectivity index (χ3v) is 4.93. The summed E-state index contributed by atoms with van der Waals surface area (Å²) in [6, 6.07) is 11.3. The number of hydrogen-bond acceptors (Lipinski definition) is 3. The molecule has 1 N–H and O–H groups in total. The highest BCUT2D eigenvalue weighted by molar-refractivity contribution is 7.09. The molecule has 1 aromatic heterocycles. The van der Waals surface area contributed by atoms with E-state index in [1.165, 1.54) is 4.88 Å². The molecule has 134 valence electrons. The van der Waals surface area contributed by atoms with Crippen LogP contribution in [0.3, 0.4) is 0 Å². The first-order valence-electron chi connectivity index (χ1n) is 8.78. The number of carbonyl (C=O) groups excluding carboxylic acids is 2. The maximum atomic E-state index is 12.4. The average molecular weight is 359 g/mol. The van der Waals surface area contributed by atoms with Gasteiger partial charge in [0.05, 0.1) is 0 Å². The Hall–Kier alpha value is -2.14. The second kappa shape index (κ2) is 9.99. The SMILES string of the molecule is CCCCN(C)C(=O)c1cccc(NC(=O)CCCc2cccs2)c1. The van der Waals surface area contributed by atoms with Crippen molar-refractivity contribution >= 4 is 28.8 Å². The molecule has 0 saturated carbocycles. The van der Waals surface area contributed by atoms with Crippen molar-refractivity contribution in [3.63, 3.8) is 0 Å². The number of carbonyl (C=O) groups is 2. The molecule has 25 heavy (non-hydrogen) atoms. The highest BCUT2D eigenvalue weighted by Crippen LogP contribution is 2.15. The molecule has 0 radical (unpaired) electrons. The number of aryl methyl sites for hydroxylation is 1. The highest BCUT2D eigenvalue weighted by atomic mass is 32.1. The van der Waals surface area contributed by atoms with Crippen molar-refractivity contribution in [1.29, 1.82) is 0 Å². The van der Waals surface area contributed by atoms with Crippen molar-refractivity contribution < 1.29 is 9.59 Å². The van der Waals surface area contributed by atoms with E-state index in [1.54, 1.807) is 28.4 Å². The monoisotopic (exact) mass is 358 g/mol. The van der Waals surface area contributed by atoms with Crippen LogP contribution in [0.25, 0.3) is 0 Å². The van der Waals surface area contributed by atoms with Gasteiger partial charge in [-0.2, -0.15) is 0 Å². The largest absolute Gasteiger partial charge is 0.342 e. The molecule has 0 bridgehead atoms. The van der Waals surface area contributed by atoms with Crippen molar-refractivity contribution in [3.8, 4) is 0 Å². The molecular formula is C20H26N2O2S. The number of hydrogen-bond donors (Lipinski definition) is 1. The van der Waals surface area contributed by atoms with Gasteiger partial charge >= 0.3 is 0 Å². The van der Waals surface area contributed by atoms with E-state index in [-0.39, 0.29) is 11.8 Å². The maximum Gasteiger partial charge on any atom is 0.253 e. The van der Waals surface area contributed by atoms with E-state index in [0.717, 1.165) is 32.2 Å². The third-order valence-electron chi connectivity index (χ3n) is 3.99. The van der Waals surface area contributed by atoms with Crippen molar-refractivity contribution in [1.82, 2.24) is 4.90 Å². The zero-order valence-corrected chi connectivity index (χ0v) is 15.8. The van der Waals surface area contributed by atoms with Crippen LogP contribution < -0.4 is 5.32 Å². The molecule has 5 heteroatoms. The first kappa shape index (κ1) is 19.2. The van der Waals surface area contributed by atoms with Crippen molar-refractivity contribution in [2.45, 2.75) is 39.0 Å². The standard InChI is InChI=1S/C20H26N2O2S/c1-3-4-13-22(2)20(24)16-8-5-9-17(15-16)21-19(23)12-6-10-18-11-7-14-25-18/h5,7-9,11,14-15H,3-4,6,10,12-13H2,1-2H3,(H,21,23). The topological polar surface area (TPSA) is 49.4 Å². The number of unbranched alkanes of at least 4 members (excludes halogenated alkanes) is 1. The van der Waals surface area contributed by atoms with Gasteiger partial charge in [-0.1, -0.05) is 25.5 Å². The van der Waals surface area contributed by atoms with Gasteiger partial charge in [-0.15, -0.1) is 11.3 Å². The van der Waals surface area contributed by atoms with E-state index < -0.39 is 0 Å². The Balaban J connectivity index is 1.85. The predicted octanol–water partition coefficient (Wildman–Crippen LogP) is 4.58. The number of benzene rings is 1. The van der Waals surface area contributed by atoms with Crippen LogP contribution >= 0.6 is 11.3 Å². The number of thiophene rings is 1. The van der Waals surface area contributed by atoms with Gasteiger partial charge in [0.2, 0.25) is 5.91 Å². The fraction of sp³-hybridized carbons (Fsp3) is 0.400. The van der Waals surface area contributed by atoms with Crippen LogP contribution in [-0.2, 0) is 11.2 Å². The lowest BCUT2D eigenvalue weighted by Gasteiger charge is -2.17. The van der Waals surface area contributed by atoms with E-state index in [0.29, 0.717) is 17.7 Å². The lowest BCUT2D eigenvalue weighted by Crippen LogP contribution is -2.27. The van der Waals surface area contributed by atoms with Crippen molar-refractivity contribution in [2.75, 3.05) is 18.9 Å². The fourth-order valence-corrected chi connectivity index (χ4v) is 3.30. The smallest absolute Gasteiger partial charge is 0.253 e. The van der Waals surface area contributed by atoms with Gasteiger partial charge in [0, 0.05) is 36.1 Å². The molecule has 0 saturated heterocycles. The zero-order valence-electron chi connectivity index (χ0n) is 15.0. The van der Waals surface area contributed by atoms with E-state index in [9.17, 15) is 9.59 Å².